The van der Waals surface area contributed by atoms with E-state index in [9.17, 15) is 0 Å². The lowest BCUT2D eigenvalue weighted by molar-refractivity contribution is 0.671. The summed E-state index contributed by atoms with van der Waals surface area (Å²) in [4.78, 5) is 2.46. The van der Waals surface area contributed by atoms with Gasteiger partial charge in [-0.1, -0.05) is 152 Å². The molecule has 10 rings (SSSR count). The highest BCUT2D eigenvalue weighted by atomic mass is 15.1. The Bertz CT molecular complexity index is 2490. The Balaban J connectivity index is 0.985. The topological polar surface area (TPSA) is 3.24 Å². The monoisotopic (exact) mass is 679 g/mol. The van der Waals surface area contributed by atoms with Crippen molar-refractivity contribution in [2.75, 3.05) is 4.90 Å². The van der Waals surface area contributed by atoms with E-state index < -0.39 is 0 Å². The molecule has 0 N–H and O–H groups in total. The van der Waals surface area contributed by atoms with Crippen molar-refractivity contribution in [2.45, 2.75) is 31.6 Å². The molecule has 2 atom stereocenters. The number of aryl methyl sites for hydroxylation is 1. The summed E-state index contributed by atoms with van der Waals surface area (Å²) in [6, 6.07) is 54.0. The Morgan fingerprint density at radius 3 is 1.96 bits per heavy atom. The van der Waals surface area contributed by atoms with Gasteiger partial charge in [0.05, 0.1) is 0 Å². The van der Waals surface area contributed by atoms with Gasteiger partial charge in [0.25, 0.3) is 0 Å². The van der Waals surface area contributed by atoms with Gasteiger partial charge >= 0.3 is 0 Å². The maximum absolute atomic E-state index is 2.46. The van der Waals surface area contributed by atoms with E-state index in [0.29, 0.717) is 11.8 Å². The summed E-state index contributed by atoms with van der Waals surface area (Å²) >= 11 is 0. The second-order valence-electron chi connectivity index (χ2n) is 14.7. The van der Waals surface area contributed by atoms with Gasteiger partial charge in [0.1, 0.15) is 0 Å². The summed E-state index contributed by atoms with van der Waals surface area (Å²) in [5.74, 6) is 0.780. The van der Waals surface area contributed by atoms with Crippen molar-refractivity contribution < 1.29 is 0 Å². The molecule has 0 fully saturated rings. The minimum absolute atomic E-state index is 0.372. The minimum Gasteiger partial charge on any atom is -0.314 e. The largest absolute Gasteiger partial charge is 0.314 e. The first kappa shape index (κ1) is 31.5. The highest BCUT2D eigenvalue weighted by Crippen LogP contribution is 2.45. The quantitative estimate of drug-likeness (QED) is 0.169. The van der Waals surface area contributed by atoms with Gasteiger partial charge in [-0.2, -0.15) is 0 Å². The summed E-state index contributed by atoms with van der Waals surface area (Å²) < 4.78 is 0. The highest BCUT2D eigenvalue weighted by Gasteiger charge is 2.30. The fourth-order valence-electron chi connectivity index (χ4n) is 8.96. The van der Waals surface area contributed by atoms with Crippen LogP contribution in [0.5, 0.6) is 0 Å². The zero-order chi connectivity index (χ0) is 35.1. The van der Waals surface area contributed by atoms with Crippen LogP contribution in [-0.2, 0) is 6.42 Å². The van der Waals surface area contributed by atoms with E-state index in [2.05, 4.69) is 193 Å². The third kappa shape index (κ3) is 5.83. The molecule has 0 aromatic heterocycles. The second kappa shape index (κ2) is 13.4. The fraction of sp³-hybridized carbons (Fsp3) is 0.115. The maximum Gasteiger partial charge on any atom is 0.0458 e. The number of allylic oxidation sites excluding steroid dienone is 7. The van der Waals surface area contributed by atoms with E-state index in [0.717, 1.165) is 25.7 Å². The molecule has 4 aliphatic rings. The van der Waals surface area contributed by atoms with Gasteiger partial charge in [-0.05, 0) is 129 Å². The van der Waals surface area contributed by atoms with E-state index in [4.69, 9.17) is 0 Å². The molecule has 0 amide bonds. The van der Waals surface area contributed by atoms with Crippen LogP contribution < -0.4 is 4.90 Å². The van der Waals surface area contributed by atoms with Crippen molar-refractivity contribution in [3.8, 4) is 11.1 Å². The average molecular weight is 680 g/mol. The Hall–Kier alpha value is -6.18. The van der Waals surface area contributed by atoms with Crippen LogP contribution in [0.25, 0.3) is 34.4 Å². The Morgan fingerprint density at radius 1 is 0.491 bits per heavy atom. The molecule has 0 spiro atoms. The van der Waals surface area contributed by atoms with E-state index in [1.165, 1.54) is 83.9 Å². The molecule has 6 aromatic carbocycles. The van der Waals surface area contributed by atoms with Gasteiger partial charge in [-0.15, -0.1) is 0 Å². The first-order chi connectivity index (χ1) is 26.3. The van der Waals surface area contributed by atoms with Crippen molar-refractivity contribution in [3.63, 3.8) is 0 Å². The third-order valence-corrected chi connectivity index (χ3v) is 11.7. The lowest BCUT2D eigenvalue weighted by Gasteiger charge is -2.32. The van der Waals surface area contributed by atoms with Crippen molar-refractivity contribution in [1.82, 2.24) is 0 Å². The average Bonchev–Trinajstić information content (AvgIpc) is 3.24. The van der Waals surface area contributed by atoms with Gasteiger partial charge < -0.3 is 4.90 Å². The van der Waals surface area contributed by atoms with Crippen LogP contribution in [0, 0.1) is 5.92 Å². The third-order valence-electron chi connectivity index (χ3n) is 11.7. The van der Waals surface area contributed by atoms with Gasteiger partial charge in [-0.25, -0.2) is 0 Å². The van der Waals surface area contributed by atoms with Crippen LogP contribution in [0.2, 0.25) is 0 Å². The number of nitrogens with zero attached hydrogens (tertiary/aromatic N) is 1. The number of hydrogen-bond acceptors (Lipinski definition) is 1. The lowest BCUT2D eigenvalue weighted by Crippen LogP contribution is -2.18. The Kier molecular flexibility index (Phi) is 7.99. The molecule has 1 nitrogen and oxygen atoms in total. The number of benzene rings is 6. The van der Waals surface area contributed by atoms with E-state index in [1.807, 2.05) is 0 Å². The van der Waals surface area contributed by atoms with E-state index in [-0.39, 0.29) is 0 Å². The molecule has 0 saturated carbocycles. The van der Waals surface area contributed by atoms with Crippen molar-refractivity contribution in [1.29, 1.82) is 0 Å². The first-order valence-corrected chi connectivity index (χ1v) is 19.1. The van der Waals surface area contributed by atoms with Crippen LogP contribution in [0.3, 0.4) is 0 Å². The summed E-state index contributed by atoms with van der Waals surface area (Å²) in [7, 11) is 0. The van der Waals surface area contributed by atoms with Crippen molar-refractivity contribution >= 4 is 34.7 Å². The number of fused-ring (bicyclic) bond motifs is 6. The minimum atomic E-state index is 0.372. The van der Waals surface area contributed by atoms with Gasteiger partial charge in [0.15, 0.2) is 0 Å². The highest BCUT2D eigenvalue weighted by molar-refractivity contribution is 5.84. The van der Waals surface area contributed by atoms with Crippen molar-refractivity contribution in [2.24, 2.45) is 5.92 Å². The summed E-state index contributed by atoms with van der Waals surface area (Å²) in [5.41, 5.74) is 19.8. The molecule has 6 aromatic rings. The normalized spacial score (nSPS) is 18.1. The number of hydrogen-bond donors (Lipinski definition) is 0. The molecule has 0 saturated heterocycles. The molecular formula is C52H41N. The van der Waals surface area contributed by atoms with Gasteiger partial charge in [0.2, 0.25) is 0 Å². The lowest BCUT2D eigenvalue weighted by atomic mass is 9.71. The van der Waals surface area contributed by atoms with Crippen LogP contribution in [0.4, 0.5) is 11.4 Å². The summed E-state index contributed by atoms with van der Waals surface area (Å²) in [5, 5.41) is 0. The predicted octanol–water partition coefficient (Wildman–Crippen LogP) is 13.4. The van der Waals surface area contributed by atoms with Gasteiger partial charge in [-0.3, -0.25) is 0 Å². The predicted molar refractivity (Wildman–Crippen MR) is 224 cm³/mol. The molecule has 4 aliphatic carbocycles. The van der Waals surface area contributed by atoms with Gasteiger partial charge in [0, 0.05) is 28.9 Å². The maximum atomic E-state index is 2.46. The standard InChI is InChI=1S/C52H41N/c1-2-9-36(10-3-1)37-21-28-45(29-22-37)53(47-32-25-41(26-33-47)49-16-8-13-39-11-4-6-14-48(39)49)46-30-23-38(24-31-46)43-27-34-51-44(35-43)20-19-42-18-17-40-12-5-7-15-50(40)52(42)51/h1-7,9-12,14-21,23-28,30-35,42,52H,8,13,22,29H2. The molecular weight excluding hydrogens is 639 g/mol. The molecule has 254 valence electrons. The Morgan fingerprint density at radius 2 is 1.17 bits per heavy atom. The molecule has 53 heavy (non-hydrogen) atoms. The first-order valence-electron chi connectivity index (χ1n) is 19.1. The molecule has 2 unspecified atom stereocenters. The molecule has 1 heteroatoms. The molecule has 0 bridgehead atoms. The second-order valence-corrected chi connectivity index (χ2v) is 14.7. The van der Waals surface area contributed by atoms with Crippen molar-refractivity contribution in [3.05, 3.63) is 226 Å². The summed E-state index contributed by atoms with van der Waals surface area (Å²) in [6.07, 6.45) is 20.6. The van der Waals surface area contributed by atoms with Crippen LogP contribution in [-0.4, -0.2) is 0 Å². The number of anilines is 2. The van der Waals surface area contributed by atoms with Crippen LogP contribution >= 0.6 is 0 Å². The van der Waals surface area contributed by atoms with E-state index >= 15 is 0 Å². The molecule has 0 heterocycles. The zero-order valence-corrected chi connectivity index (χ0v) is 29.8. The van der Waals surface area contributed by atoms with Crippen LogP contribution in [0.15, 0.2) is 182 Å². The smallest absolute Gasteiger partial charge is 0.0458 e. The van der Waals surface area contributed by atoms with Crippen LogP contribution in [0.1, 0.15) is 69.7 Å². The zero-order valence-electron chi connectivity index (χ0n) is 29.8. The molecule has 0 aliphatic heterocycles. The molecule has 0 radical (unpaired) electrons. The SMILES string of the molecule is C1=CC2C=Cc3cc(-c4ccc(N(C5=CC=C(c6ccccc6)CC5)c5ccc(C6=CCCc7ccccc76)cc5)cc4)ccc3C2c2ccccc21. The van der Waals surface area contributed by atoms with E-state index in [1.54, 1.807) is 0 Å². The Labute approximate surface area is 313 Å². The summed E-state index contributed by atoms with van der Waals surface area (Å²) in [6.45, 7) is 0. The fourth-order valence-corrected chi connectivity index (χ4v) is 8.96. The number of rotatable bonds is 6.